The number of nitrogens with zero attached hydrogens (tertiary/aromatic N) is 2. The van der Waals surface area contributed by atoms with Gasteiger partial charge in [-0.15, -0.1) is 0 Å². The molecule has 4 nitrogen and oxygen atoms in total. The minimum Gasteiger partial charge on any atom is -0.349 e. The van der Waals surface area contributed by atoms with Crippen molar-refractivity contribution in [3.63, 3.8) is 0 Å². The molecule has 1 amide bonds. The van der Waals surface area contributed by atoms with Crippen LogP contribution in [0.3, 0.4) is 0 Å². The van der Waals surface area contributed by atoms with E-state index in [4.69, 9.17) is 0 Å². The molecule has 0 saturated heterocycles. The zero-order valence-electron chi connectivity index (χ0n) is 10.6. The predicted molar refractivity (Wildman–Crippen MR) is 63.5 cm³/mol. The van der Waals surface area contributed by atoms with E-state index in [2.05, 4.69) is 4.57 Å². The van der Waals surface area contributed by atoms with E-state index in [1.165, 1.54) is 0 Å². The van der Waals surface area contributed by atoms with Crippen LogP contribution in [0.15, 0.2) is 18.3 Å². The highest BCUT2D eigenvalue weighted by Gasteiger charge is 2.29. The highest BCUT2D eigenvalue weighted by molar-refractivity contribution is 5.78. The summed E-state index contributed by atoms with van der Waals surface area (Å²) in [6.45, 7) is 2.07. The summed E-state index contributed by atoms with van der Waals surface area (Å²) in [7, 11) is 0. The van der Waals surface area contributed by atoms with Crippen LogP contribution in [-0.2, 0) is 11.3 Å². The number of hydrogen-bond donors (Lipinski definition) is 1. The fraction of sp³-hybridized carbons (Fsp3) is 0.583. The van der Waals surface area contributed by atoms with Crippen LogP contribution in [0.2, 0.25) is 0 Å². The van der Waals surface area contributed by atoms with Crippen molar-refractivity contribution in [1.29, 1.82) is 0 Å². The first-order valence-electron chi connectivity index (χ1n) is 6.09. The molecule has 1 aromatic heterocycles. The second kappa shape index (κ2) is 5.24. The maximum absolute atomic E-state index is 12.0. The van der Waals surface area contributed by atoms with E-state index in [0.717, 1.165) is 12.2 Å². The second-order valence-electron chi connectivity index (χ2n) is 4.66. The van der Waals surface area contributed by atoms with Crippen LogP contribution in [0.25, 0.3) is 0 Å². The summed E-state index contributed by atoms with van der Waals surface area (Å²) < 4.78 is 38.1. The highest BCUT2D eigenvalue weighted by Crippen LogP contribution is 2.24. The zero-order valence-corrected chi connectivity index (χ0v) is 10.6. The average molecular weight is 275 g/mol. The van der Waals surface area contributed by atoms with Crippen molar-refractivity contribution in [2.75, 3.05) is 19.6 Å². The van der Waals surface area contributed by atoms with Gasteiger partial charge in [-0.1, -0.05) is 0 Å². The molecule has 0 saturated carbocycles. The van der Waals surface area contributed by atoms with Gasteiger partial charge < -0.3 is 9.88 Å². The molecule has 1 atom stereocenters. The van der Waals surface area contributed by atoms with Gasteiger partial charge >= 0.3 is 6.18 Å². The molecular formula is C12H16F3N3O. The van der Waals surface area contributed by atoms with Crippen molar-refractivity contribution in [3.05, 3.63) is 24.0 Å². The molecule has 2 heterocycles. The topological polar surface area (TPSA) is 37.3 Å². The lowest BCUT2D eigenvalue weighted by molar-refractivity contribution is -0.139. The number of alkyl halides is 3. The van der Waals surface area contributed by atoms with Crippen molar-refractivity contribution in [2.24, 2.45) is 0 Å². The van der Waals surface area contributed by atoms with E-state index in [0.29, 0.717) is 6.54 Å². The Morgan fingerprint density at radius 1 is 1.47 bits per heavy atom. The van der Waals surface area contributed by atoms with Gasteiger partial charge in [-0.25, -0.2) is 0 Å². The van der Waals surface area contributed by atoms with Crippen LogP contribution in [0.5, 0.6) is 0 Å². The summed E-state index contributed by atoms with van der Waals surface area (Å²) in [5.74, 6) is -0.593. The Kier molecular flexibility index (Phi) is 3.84. The normalized spacial score (nSPS) is 20.1. The van der Waals surface area contributed by atoms with Gasteiger partial charge in [0.25, 0.3) is 0 Å². The number of aromatic nitrogens is 1. The SMILES string of the molecule is C[C@H]1c2cccn2CCN1CC(=O)NCC(F)(F)F. The first kappa shape index (κ1) is 13.9. The summed E-state index contributed by atoms with van der Waals surface area (Å²) in [5.41, 5.74) is 1.08. The number of nitrogens with one attached hydrogen (secondary N) is 1. The Hall–Kier alpha value is -1.50. The largest absolute Gasteiger partial charge is 0.405 e. The zero-order chi connectivity index (χ0) is 14.0. The van der Waals surface area contributed by atoms with Crippen LogP contribution in [-0.4, -0.2) is 41.2 Å². The molecule has 1 aliphatic heterocycles. The van der Waals surface area contributed by atoms with Gasteiger partial charge in [0, 0.05) is 31.0 Å². The number of carbonyl (C=O) groups is 1. The molecule has 0 aromatic carbocycles. The minimum atomic E-state index is -4.36. The Morgan fingerprint density at radius 3 is 2.89 bits per heavy atom. The van der Waals surface area contributed by atoms with Gasteiger partial charge in [0.2, 0.25) is 5.91 Å². The molecule has 19 heavy (non-hydrogen) atoms. The molecule has 0 radical (unpaired) electrons. The summed E-state index contributed by atoms with van der Waals surface area (Å²) in [5, 5.41) is 1.90. The maximum Gasteiger partial charge on any atom is 0.405 e. The van der Waals surface area contributed by atoms with Crippen molar-refractivity contribution in [1.82, 2.24) is 14.8 Å². The van der Waals surface area contributed by atoms with Gasteiger partial charge in [-0.2, -0.15) is 13.2 Å². The monoisotopic (exact) mass is 275 g/mol. The average Bonchev–Trinajstić information content (AvgIpc) is 2.78. The molecule has 7 heteroatoms. The van der Waals surface area contributed by atoms with E-state index in [-0.39, 0.29) is 12.6 Å². The fourth-order valence-electron chi connectivity index (χ4n) is 2.28. The van der Waals surface area contributed by atoms with Crippen LogP contribution in [0, 0.1) is 0 Å². The number of hydrogen-bond acceptors (Lipinski definition) is 2. The molecule has 2 rings (SSSR count). The molecule has 1 aromatic rings. The molecule has 1 N–H and O–H groups in total. The molecule has 0 aliphatic carbocycles. The summed E-state index contributed by atoms with van der Waals surface area (Å²) in [4.78, 5) is 13.4. The summed E-state index contributed by atoms with van der Waals surface area (Å²) >= 11 is 0. The van der Waals surface area contributed by atoms with E-state index in [9.17, 15) is 18.0 Å². The quantitative estimate of drug-likeness (QED) is 0.908. The van der Waals surface area contributed by atoms with Crippen LogP contribution in [0.1, 0.15) is 18.7 Å². The highest BCUT2D eigenvalue weighted by atomic mass is 19.4. The Balaban J connectivity index is 1.89. The lowest BCUT2D eigenvalue weighted by Crippen LogP contribution is -2.44. The van der Waals surface area contributed by atoms with Gasteiger partial charge in [-0.05, 0) is 19.1 Å². The molecule has 0 unspecified atom stereocenters. The van der Waals surface area contributed by atoms with Crippen molar-refractivity contribution in [2.45, 2.75) is 25.7 Å². The number of fused-ring (bicyclic) bond motifs is 1. The third kappa shape index (κ3) is 3.50. The first-order chi connectivity index (χ1) is 8.87. The molecule has 0 bridgehead atoms. The van der Waals surface area contributed by atoms with E-state index in [1.807, 2.05) is 35.5 Å². The third-order valence-electron chi connectivity index (χ3n) is 3.30. The van der Waals surface area contributed by atoms with Crippen molar-refractivity contribution >= 4 is 5.91 Å². The lowest BCUT2D eigenvalue weighted by Gasteiger charge is -2.34. The first-order valence-corrected chi connectivity index (χ1v) is 6.09. The second-order valence-corrected chi connectivity index (χ2v) is 4.66. The summed E-state index contributed by atoms with van der Waals surface area (Å²) in [6.07, 6.45) is -2.40. The van der Waals surface area contributed by atoms with Crippen LogP contribution < -0.4 is 5.32 Å². The molecule has 0 fully saturated rings. The smallest absolute Gasteiger partial charge is 0.349 e. The molecule has 0 spiro atoms. The molecule has 106 valence electrons. The van der Waals surface area contributed by atoms with Crippen LogP contribution >= 0.6 is 0 Å². The van der Waals surface area contributed by atoms with Crippen molar-refractivity contribution < 1.29 is 18.0 Å². The predicted octanol–water partition coefficient (Wildman–Crippen LogP) is 1.54. The Labute approximate surface area is 109 Å². The number of amides is 1. The van der Waals surface area contributed by atoms with E-state index < -0.39 is 18.6 Å². The lowest BCUT2D eigenvalue weighted by atomic mass is 10.1. The number of rotatable bonds is 3. The van der Waals surface area contributed by atoms with Gasteiger partial charge in [0.05, 0.1) is 6.54 Å². The maximum atomic E-state index is 12.0. The summed E-state index contributed by atoms with van der Waals surface area (Å²) in [6, 6.07) is 3.92. The Bertz CT molecular complexity index is 455. The number of carbonyl (C=O) groups excluding carboxylic acids is 1. The molecule has 1 aliphatic rings. The number of halogens is 3. The van der Waals surface area contributed by atoms with Gasteiger partial charge in [-0.3, -0.25) is 9.69 Å². The van der Waals surface area contributed by atoms with Gasteiger partial charge in [0.15, 0.2) is 0 Å². The Morgan fingerprint density at radius 2 is 2.21 bits per heavy atom. The van der Waals surface area contributed by atoms with Gasteiger partial charge in [0.1, 0.15) is 6.54 Å². The minimum absolute atomic E-state index is 0.0115. The van der Waals surface area contributed by atoms with Crippen molar-refractivity contribution in [3.8, 4) is 0 Å². The van der Waals surface area contributed by atoms with E-state index >= 15 is 0 Å². The fourth-order valence-corrected chi connectivity index (χ4v) is 2.28. The third-order valence-corrected chi connectivity index (χ3v) is 3.30. The molecular weight excluding hydrogens is 259 g/mol. The standard InChI is InChI=1S/C12H16F3N3O/c1-9-10-3-2-4-17(10)5-6-18(9)7-11(19)16-8-12(13,14)15/h2-4,9H,5-8H2,1H3,(H,16,19)/t9-/m0/s1. The van der Waals surface area contributed by atoms with E-state index in [1.54, 1.807) is 0 Å². The van der Waals surface area contributed by atoms with Crippen LogP contribution in [0.4, 0.5) is 13.2 Å².